The van der Waals surface area contributed by atoms with E-state index in [9.17, 15) is 0 Å². The van der Waals surface area contributed by atoms with Crippen molar-refractivity contribution < 1.29 is 0 Å². The van der Waals surface area contributed by atoms with E-state index in [2.05, 4.69) is 65.4 Å². The summed E-state index contributed by atoms with van der Waals surface area (Å²) >= 11 is 0. The Kier molecular flexibility index (Phi) is 8.87. The third-order valence-corrected chi connectivity index (χ3v) is 4.77. The number of hydrogen-bond acceptors (Lipinski definition) is 2. The van der Waals surface area contributed by atoms with E-state index in [0.29, 0.717) is 0 Å². The maximum Gasteiger partial charge on any atom is 0.191 e. The summed E-state index contributed by atoms with van der Waals surface area (Å²) in [6.07, 6.45) is 7.97. The average molecular weight is 348 g/mol. The van der Waals surface area contributed by atoms with Crippen LogP contribution >= 0.6 is 0 Å². The van der Waals surface area contributed by atoms with Crippen LogP contribution in [0.2, 0.25) is 0 Å². The van der Waals surface area contributed by atoms with Gasteiger partial charge >= 0.3 is 0 Å². The number of nitrogens with zero attached hydrogens (tertiary/aromatic N) is 3. The van der Waals surface area contributed by atoms with Crippen molar-refractivity contribution in [2.24, 2.45) is 16.8 Å². The van der Waals surface area contributed by atoms with Crippen LogP contribution in [0.3, 0.4) is 0 Å². The molecule has 1 fully saturated rings. The Morgan fingerprint density at radius 1 is 1.04 bits per heavy atom. The van der Waals surface area contributed by atoms with Crippen molar-refractivity contribution >= 4 is 5.96 Å². The minimum Gasteiger partial charge on any atom is -0.357 e. The zero-order valence-corrected chi connectivity index (χ0v) is 16.4. The summed E-state index contributed by atoms with van der Waals surface area (Å²) in [7, 11) is 0. The Morgan fingerprint density at radius 3 is 2.44 bits per heavy atom. The second-order valence-electron chi connectivity index (χ2n) is 7.52. The van der Waals surface area contributed by atoms with Gasteiger partial charge in [0.05, 0.1) is 0 Å². The molecule has 5 nitrogen and oxygen atoms in total. The second kappa shape index (κ2) is 11.2. The molecule has 0 aromatic carbocycles. The topological polar surface area (TPSA) is 44.6 Å². The fourth-order valence-electron chi connectivity index (χ4n) is 3.78. The maximum absolute atomic E-state index is 4.71. The van der Waals surface area contributed by atoms with Gasteiger partial charge in [0.15, 0.2) is 5.96 Å². The third-order valence-electron chi connectivity index (χ3n) is 4.77. The molecule has 0 bridgehead atoms. The van der Waals surface area contributed by atoms with Gasteiger partial charge in [-0.25, -0.2) is 0 Å². The van der Waals surface area contributed by atoms with Gasteiger partial charge < -0.3 is 20.1 Å². The molecule has 0 aliphatic carbocycles. The predicted molar refractivity (Wildman–Crippen MR) is 107 cm³/mol. The van der Waals surface area contributed by atoms with E-state index >= 15 is 0 Å². The van der Waals surface area contributed by atoms with Crippen LogP contribution in [-0.4, -0.2) is 54.7 Å². The van der Waals surface area contributed by atoms with Crippen molar-refractivity contribution in [3.05, 3.63) is 24.5 Å². The summed E-state index contributed by atoms with van der Waals surface area (Å²) in [5.74, 6) is 2.65. The molecule has 2 heterocycles. The molecule has 2 atom stereocenters. The van der Waals surface area contributed by atoms with Crippen LogP contribution in [-0.2, 0) is 6.54 Å². The van der Waals surface area contributed by atoms with Gasteiger partial charge in [0.25, 0.3) is 0 Å². The van der Waals surface area contributed by atoms with E-state index in [1.165, 1.54) is 32.5 Å². The first-order valence-corrected chi connectivity index (χ1v) is 10.0. The summed E-state index contributed by atoms with van der Waals surface area (Å²) in [4.78, 5) is 7.35. The molecule has 25 heavy (non-hydrogen) atoms. The van der Waals surface area contributed by atoms with Crippen molar-refractivity contribution in [1.82, 2.24) is 20.1 Å². The molecule has 1 saturated heterocycles. The first kappa shape index (κ1) is 19.8. The SMILES string of the molecule is CCNC(=NCCCCN1CC(C)CC(C)C1)NCCn1cccc1. The van der Waals surface area contributed by atoms with Crippen molar-refractivity contribution in [2.75, 3.05) is 39.3 Å². The molecule has 142 valence electrons. The van der Waals surface area contributed by atoms with Crippen molar-refractivity contribution in [3.63, 3.8) is 0 Å². The van der Waals surface area contributed by atoms with Gasteiger partial charge in [-0.05, 0) is 56.7 Å². The van der Waals surface area contributed by atoms with E-state index in [0.717, 1.165) is 50.4 Å². The number of rotatable bonds is 9. The van der Waals surface area contributed by atoms with Crippen molar-refractivity contribution in [1.29, 1.82) is 0 Å². The maximum atomic E-state index is 4.71. The third kappa shape index (κ3) is 7.95. The molecule has 2 unspecified atom stereocenters. The quantitative estimate of drug-likeness (QED) is 0.410. The summed E-state index contributed by atoms with van der Waals surface area (Å²) in [5.41, 5.74) is 0. The molecule has 0 amide bonds. The summed E-state index contributed by atoms with van der Waals surface area (Å²) in [6, 6.07) is 4.12. The Bertz CT molecular complexity index is 472. The summed E-state index contributed by atoms with van der Waals surface area (Å²) in [5, 5.41) is 6.75. The number of likely N-dealkylation sites (tertiary alicyclic amines) is 1. The molecule has 1 aliphatic heterocycles. The number of hydrogen-bond donors (Lipinski definition) is 2. The number of nitrogens with one attached hydrogen (secondary N) is 2. The lowest BCUT2D eigenvalue weighted by molar-refractivity contribution is 0.139. The number of unbranched alkanes of at least 4 members (excludes halogenated alkanes) is 1. The lowest BCUT2D eigenvalue weighted by atomic mass is 9.92. The number of aromatic nitrogens is 1. The second-order valence-corrected chi connectivity index (χ2v) is 7.52. The fraction of sp³-hybridized carbons (Fsp3) is 0.750. The highest BCUT2D eigenvalue weighted by atomic mass is 15.2. The minimum absolute atomic E-state index is 0.853. The van der Waals surface area contributed by atoms with Gasteiger partial charge in [0.1, 0.15) is 0 Å². The highest BCUT2D eigenvalue weighted by Crippen LogP contribution is 2.20. The van der Waals surface area contributed by atoms with E-state index in [-0.39, 0.29) is 0 Å². The fourth-order valence-corrected chi connectivity index (χ4v) is 3.78. The van der Waals surface area contributed by atoms with E-state index in [1.54, 1.807) is 0 Å². The molecule has 2 N–H and O–H groups in total. The minimum atomic E-state index is 0.853. The standard InChI is InChI=1S/C20H37N5/c1-4-21-20(23-10-14-24-11-7-8-12-24)22-9-5-6-13-25-16-18(2)15-19(3)17-25/h7-8,11-12,18-19H,4-6,9-10,13-17H2,1-3H3,(H2,21,22,23). The van der Waals surface area contributed by atoms with Crippen LogP contribution in [0, 0.1) is 11.8 Å². The van der Waals surface area contributed by atoms with E-state index in [4.69, 9.17) is 4.99 Å². The molecule has 1 aromatic rings. The molecule has 0 spiro atoms. The van der Waals surface area contributed by atoms with Crippen molar-refractivity contribution in [3.8, 4) is 0 Å². The van der Waals surface area contributed by atoms with Gasteiger partial charge in [-0.1, -0.05) is 13.8 Å². The molecular weight excluding hydrogens is 310 g/mol. The van der Waals surface area contributed by atoms with Gasteiger partial charge in [-0.2, -0.15) is 0 Å². The molecular formula is C20H37N5. The largest absolute Gasteiger partial charge is 0.357 e. The molecule has 0 radical (unpaired) electrons. The predicted octanol–water partition coefficient (Wildman–Crippen LogP) is 2.80. The van der Waals surface area contributed by atoms with Gasteiger partial charge in [0, 0.05) is 51.7 Å². The van der Waals surface area contributed by atoms with Crippen LogP contribution in [0.1, 0.15) is 40.0 Å². The van der Waals surface area contributed by atoms with Crippen LogP contribution in [0.25, 0.3) is 0 Å². The van der Waals surface area contributed by atoms with Crippen LogP contribution < -0.4 is 10.6 Å². The lowest BCUT2D eigenvalue weighted by Gasteiger charge is -2.34. The Hall–Kier alpha value is -1.49. The van der Waals surface area contributed by atoms with E-state index < -0.39 is 0 Å². The zero-order chi connectivity index (χ0) is 17.9. The first-order chi connectivity index (χ1) is 12.2. The number of aliphatic imine (C=N–C) groups is 1. The summed E-state index contributed by atoms with van der Waals surface area (Å²) < 4.78 is 2.18. The van der Waals surface area contributed by atoms with Crippen LogP contribution in [0.4, 0.5) is 0 Å². The average Bonchev–Trinajstić information content (AvgIpc) is 3.07. The zero-order valence-electron chi connectivity index (χ0n) is 16.4. The van der Waals surface area contributed by atoms with Gasteiger partial charge in [0.2, 0.25) is 0 Å². The van der Waals surface area contributed by atoms with Gasteiger partial charge in [-0.15, -0.1) is 0 Å². The molecule has 0 saturated carbocycles. The molecule has 5 heteroatoms. The normalized spacial score (nSPS) is 22.1. The molecule has 2 rings (SSSR count). The molecule has 1 aliphatic rings. The van der Waals surface area contributed by atoms with Gasteiger partial charge in [-0.3, -0.25) is 4.99 Å². The molecule has 1 aromatic heterocycles. The van der Waals surface area contributed by atoms with Crippen LogP contribution in [0.5, 0.6) is 0 Å². The van der Waals surface area contributed by atoms with Crippen molar-refractivity contribution in [2.45, 2.75) is 46.6 Å². The monoisotopic (exact) mass is 347 g/mol. The highest BCUT2D eigenvalue weighted by Gasteiger charge is 2.20. The van der Waals surface area contributed by atoms with E-state index in [1.807, 2.05) is 0 Å². The smallest absolute Gasteiger partial charge is 0.191 e. The Balaban J connectivity index is 1.61. The lowest BCUT2D eigenvalue weighted by Crippen LogP contribution is -2.39. The highest BCUT2D eigenvalue weighted by molar-refractivity contribution is 5.79. The number of guanidine groups is 1. The Labute approximate surface area is 153 Å². The first-order valence-electron chi connectivity index (χ1n) is 10.0. The summed E-state index contributed by atoms with van der Waals surface area (Å²) in [6.45, 7) is 14.3. The Morgan fingerprint density at radius 2 is 1.76 bits per heavy atom. The number of piperidine rings is 1. The van der Waals surface area contributed by atoms with Crippen LogP contribution in [0.15, 0.2) is 29.5 Å².